The quantitative estimate of drug-likeness (QED) is 0.476. The van der Waals surface area contributed by atoms with Gasteiger partial charge in [-0.3, -0.25) is 9.78 Å². The van der Waals surface area contributed by atoms with Crippen molar-refractivity contribution in [3.8, 4) is 22.5 Å². The van der Waals surface area contributed by atoms with Crippen molar-refractivity contribution in [2.75, 3.05) is 26.7 Å². The Bertz CT molecular complexity index is 1310. The van der Waals surface area contributed by atoms with Gasteiger partial charge in [-0.2, -0.15) is 0 Å². The molecule has 2 aromatic heterocycles. The van der Waals surface area contributed by atoms with Gasteiger partial charge >= 0.3 is 6.09 Å². The van der Waals surface area contributed by atoms with Crippen LogP contribution >= 0.6 is 11.6 Å². The molecular weight excluding hydrogens is 506 g/mol. The second-order valence-electron chi connectivity index (χ2n) is 11.0. The number of hydrogen-bond acceptors (Lipinski definition) is 6. The molecule has 0 saturated carbocycles. The van der Waals surface area contributed by atoms with Crippen molar-refractivity contribution in [3.63, 3.8) is 0 Å². The highest BCUT2D eigenvalue weighted by Crippen LogP contribution is 2.38. The lowest BCUT2D eigenvalue weighted by Gasteiger charge is -2.47. The van der Waals surface area contributed by atoms with Gasteiger partial charge in [0.2, 0.25) is 5.91 Å². The highest BCUT2D eigenvalue weighted by Gasteiger charge is 2.53. The largest absolute Gasteiger partial charge is 0.444 e. The van der Waals surface area contributed by atoms with E-state index in [0.29, 0.717) is 31.1 Å². The fourth-order valence-corrected chi connectivity index (χ4v) is 5.11. The highest BCUT2D eigenvalue weighted by atomic mass is 35.5. The number of ether oxygens (including phenoxy) is 2. The molecule has 5 rings (SSSR count). The Morgan fingerprint density at radius 3 is 2.47 bits per heavy atom. The standard InChI is InChI=1S/C28H32ClN5O4/c1-27(2,3)38-26(36)34-16-28(17-34)13-22(15-37-28)32(4)23(35)14-33-18-31-24(19-5-7-21(29)8-6-19)25(33)20-9-11-30-12-10-20/h5-12,18,22H,13-17H2,1-4H3. The Morgan fingerprint density at radius 1 is 1.13 bits per heavy atom. The maximum atomic E-state index is 13.4. The number of benzene rings is 1. The van der Waals surface area contributed by atoms with E-state index in [2.05, 4.69) is 9.97 Å². The fraction of sp³-hybridized carbons (Fsp3) is 0.429. The number of carbonyl (C=O) groups excluding carboxylic acids is 2. The molecule has 200 valence electrons. The van der Waals surface area contributed by atoms with Gasteiger partial charge in [0.05, 0.1) is 43.5 Å². The van der Waals surface area contributed by atoms with Crippen LogP contribution in [0.1, 0.15) is 27.2 Å². The first kappa shape index (κ1) is 26.2. The van der Waals surface area contributed by atoms with Gasteiger partial charge in [-0.05, 0) is 45.0 Å². The lowest BCUT2D eigenvalue weighted by molar-refractivity contribution is -0.132. The number of carbonyl (C=O) groups is 2. The van der Waals surface area contributed by atoms with Gasteiger partial charge in [-0.15, -0.1) is 0 Å². The molecule has 2 amide bonds. The summed E-state index contributed by atoms with van der Waals surface area (Å²) in [7, 11) is 1.81. The number of pyridine rings is 1. The number of amides is 2. The number of imidazole rings is 1. The Hall–Kier alpha value is -3.43. The smallest absolute Gasteiger partial charge is 0.410 e. The lowest BCUT2D eigenvalue weighted by atomic mass is 9.89. The summed E-state index contributed by atoms with van der Waals surface area (Å²) in [5.74, 6) is -0.0469. The number of hydrogen-bond donors (Lipinski definition) is 0. The van der Waals surface area contributed by atoms with Gasteiger partial charge in [0.15, 0.2) is 0 Å². The molecular formula is C28H32ClN5O4. The number of nitrogens with zero attached hydrogens (tertiary/aromatic N) is 5. The Morgan fingerprint density at radius 2 is 1.82 bits per heavy atom. The number of halogens is 1. The molecule has 3 aromatic rings. The van der Waals surface area contributed by atoms with E-state index >= 15 is 0 Å². The SMILES string of the molecule is CN(C(=O)Cn1cnc(-c2ccc(Cl)cc2)c1-c1ccncc1)C1COC2(C1)CN(C(=O)OC(C)(C)C)C2. The van der Waals surface area contributed by atoms with Crippen LogP contribution in [-0.2, 0) is 20.8 Å². The predicted molar refractivity (Wildman–Crippen MR) is 144 cm³/mol. The minimum absolute atomic E-state index is 0.0469. The summed E-state index contributed by atoms with van der Waals surface area (Å²) in [4.78, 5) is 38.0. The molecule has 2 fully saturated rings. The molecule has 2 aliphatic rings. The predicted octanol–water partition coefficient (Wildman–Crippen LogP) is 4.50. The topological polar surface area (TPSA) is 89.8 Å². The van der Waals surface area contributed by atoms with Gasteiger partial charge in [0.25, 0.3) is 0 Å². The van der Waals surface area contributed by atoms with Crippen molar-refractivity contribution >= 4 is 23.6 Å². The summed E-state index contributed by atoms with van der Waals surface area (Å²) in [5, 5.41) is 0.646. The van der Waals surface area contributed by atoms with Crippen LogP contribution in [0.3, 0.4) is 0 Å². The van der Waals surface area contributed by atoms with Crippen molar-refractivity contribution in [3.05, 3.63) is 60.1 Å². The average molecular weight is 538 g/mol. The average Bonchev–Trinajstić information content (AvgIpc) is 3.48. The van der Waals surface area contributed by atoms with Crippen LogP contribution in [0.5, 0.6) is 0 Å². The second kappa shape index (κ2) is 10.0. The van der Waals surface area contributed by atoms with E-state index in [4.69, 9.17) is 21.1 Å². The van der Waals surface area contributed by atoms with Gasteiger partial charge in [-0.1, -0.05) is 23.7 Å². The van der Waals surface area contributed by atoms with Crippen LogP contribution in [0, 0.1) is 0 Å². The molecule has 38 heavy (non-hydrogen) atoms. The molecule has 2 saturated heterocycles. The van der Waals surface area contributed by atoms with Crippen LogP contribution < -0.4 is 0 Å². The molecule has 10 heteroatoms. The van der Waals surface area contributed by atoms with Crippen molar-refractivity contribution in [2.24, 2.45) is 0 Å². The summed E-state index contributed by atoms with van der Waals surface area (Å²) in [6, 6.07) is 11.2. The third kappa shape index (κ3) is 5.39. The van der Waals surface area contributed by atoms with Gasteiger partial charge < -0.3 is 23.8 Å². The van der Waals surface area contributed by atoms with E-state index in [1.165, 1.54) is 0 Å². The second-order valence-corrected chi connectivity index (χ2v) is 11.4. The highest BCUT2D eigenvalue weighted by molar-refractivity contribution is 6.30. The Kier molecular flexibility index (Phi) is 6.92. The number of rotatable bonds is 5. The van der Waals surface area contributed by atoms with Crippen molar-refractivity contribution < 1.29 is 19.1 Å². The molecule has 0 N–H and O–H groups in total. The zero-order valence-corrected chi connectivity index (χ0v) is 22.8. The molecule has 0 bridgehead atoms. The van der Waals surface area contributed by atoms with Gasteiger partial charge in [0.1, 0.15) is 17.7 Å². The van der Waals surface area contributed by atoms with E-state index in [-0.39, 0.29) is 24.6 Å². The first-order valence-corrected chi connectivity index (χ1v) is 13.0. The molecule has 9 nitrogen and oxygen atoms in total. The molecule has 0 radical (unpaired) electrons. The van der Waals surface area contributed by atoms with E-state index < -0.39 is 11.2 Å². The van der Waals surface area contributed by atoms with E-state index in [9.17, 15) is 9.59 Å². The maximum Gasteiger partial charge on any atom is 0.410 e. The molecule has 4 heterocycles. The number of likely N-dealkylation sites (tertiary alicyclic amines) is 1. The normalized spacial score (nSPS) is 18.3. The molecule has 0 aliphatic carbocycles. The van der Waals surface area contributed by atoms with Gasteiger partial charge in [-0.25, -0.2) is 9.78 Å². The van der Waals surface area contributed by atoms with Crippen molar-refractivity contribution in [1.29, 1.82) is 0 Å². The zero-order valence-electron chi connectivity index (χ0n) is 22.1. The van der Waals surface area contributed by atoms with Gasteiger partial charge in [0, 0.05) is 42.0 Å². The van der Waals surface area contributed by atoms with E-state index in [1.807, 2.05) is 68.8 Å². The maximum absolute atomic E-state index is 13.4. The summed E-state index contributed by atoms with van der Waals surface area (Å²) >= 11 is 6.09. The van der Waals surface area contributed by atoms with E-state index in [0.717, 1.165) is 22.5 Å². The third-order valence-corrected chi connectivity index (χ3v) is 7.21. The third-order valence-electron chi connectivity index (χ3n) is 6.96. The zero-order chi connectivity index (χ0) is 27.1. The monoisotopic (exact) mass is 537 g/mol. The van der Waals surface area contributed by atoms with E-state index in [1.54, 1.807) is 28.5 Å². The van der Waals surface area contributed by atoms with Crippen molar-refractivity contribution in [2.45, 2.75) is 51.0 Å². The molecule has 1 aromatic carbocycles. The van der Waals surface area contributed by atoms with Crippen LogP contribution in [0.25, 0.3) is 22.5 Å². The molecule has 2 aliphatic heterocycles. The van der Waals surface area contributed by atoms with Crippen LogP contribution in [0.15, 0.2) is 55.1 Å². The molecule has 1 atom stereocenters. The first-order chi connectivity index (χ1) is 18.0. The Labute approximate surface area is 227 Å². The summed E-state index contributed by atoms with van der Waals surface area (Å²) in [6.45, 7) is 7.05. The van der Waals surface area contributed by atoms with Crippen LogP contribution in [0.2, 0.25) is 5.02 Å². The fourth-order valence-electron chi connectivity index (χ4n) is 4.99. The first-order valence-electron chi connectivity index (χ1n) is 12.6. The van der Waals surface area contributed by atoms with Crippen molar-refractivity contribution in [1.82, 2.24) is 24.3 Å². The summed E-state index contributed by atoms with van der Waals surface area (Å²) in [5.41, 5.74) is 2.46. The Balaban J connectivity index is 1.28. The number of aromatic nitrogens is 3. The minimum Gasteiger partial charge on any atom is -0.444 e. The summed E-state index contributed by atoms with van der Waals surface area (Å²) in [6.07, 6.45) is 5.48. The minimum atomic E-state index is -0.540. The summed E-state index contributed by atoms with van der Waals surface area (Å²) < 4.78 is 13.4. The molecule has 1 spiro atoms. The lowest BCUT2D eigenvalue weighted by Crippen LogP contribution is -2.64. The number of likely N-dealkylation sites (N-methyl/N-ethyl adjacent to an activating group) is 1. The van der Waals surface area contributed by atoms with Crippen LogP contribution in [-0.4, -0.2) is 80.3 Å². The molecule has 1 unspecified atom stereocenters. The van der Waals surface area contributed by atoms with Crippen LogP contribution in [0.4, 0.5) is 4.79 Å².